The summed E-state index contributed by atoms with van der Waals surface area (Å²) in [6.07, 6.45) is 1.13. The van der Waals surface area contributed by atoms with E-state index >= 15 is 0 Å². The number of hydrogen-bond acceptors (Lipinski definition) is 3. The van der Waals surface area contributed by atoms with Crippen molar-refractivity contribution in [2.24, 2.45) is 10.8 Å². The molecule has 92 valence electrons. The second kappa shape index (κ2) is 5.03. The Kier molecular flexibility index (Phi) is 4.59. The molecule has 16 heavy (non-hydrogen) atoms. The Bertz CT molecular complexity index is 324. The van der Waals surface area contributed by atoms with Crippen LogP contribution in [0.2, 0.25) is 0 Å². The lowest BCUT2D eigenvalue weighted by atomic mass is 9.84. The number of rotatable bonds is 1. The summed E-state index contributed by atoms with van der Waals surface area (Å²) in [5, 5.41) is 1.96. The molecule has 1 aliphatic heterocycles. The van der Waals surface area contributed by atoms with E-state index in [1.807, 2.05) is 27.0 Å². The average molecular weight is 275 g/mol. The second-order valence-electron chi connectivity index (χ2n) is 6.46. The van der Waals surface area contributed by atoms with E-state index in [2.05, 4.69) is 54.2 Å². The van der Waals surface area contributed by atoms with Crippen molar-refractivity contribution in [2.75, 3.05) is 0 Å². The lowest BCUT2D eigenvalue weighted by Gasteiger charge is -2.25. The zero-order chi connectivity index (χ0) is 12.6. The highest BCUT2D eigenvalue weighted by Crippen LogP contribution is 2.57. The zero-order valence-electron chi connectivity index (χ0n) is 11.0. The minimum atomic E-state index is 0.247. The highest BCUT2D eigenvalue weighted by molar-refractivity contribution is 8.80. The fourth-order valence-electron chi connectivity index (χ4n) is 1.67. The highest BCUT2D eigenvalue weighted by atomic mass is 33.1. The highest BCUT2D eigenvalue weighted by Gasteiger charge is 2.31. The summed E-state index contributed by atoms with van der Waals surface area (Å²) < 4.78 is 0. The Morgan fingerprint density at radius 2 is 1.62 bits per heavy atom. The van der Waals surface area contributed by atoms with E-state index in [4.69, 9.17) is 0 Å². The van der Waals surface area contributed by atoms with Crippen molar-refractivity contribution in [1.29, 1.82) is 0 Å². The Hall–Kier alpha value is 0.530. The van der Waals surface area contributed by atoms with Gasteiger partial charge in [-0.1, -0.05) is 63.1 Å². The van der Waals surface area contributed by atoms with Gasteiger partial charge in [0.2, 0.25) is 0 Å². The van der Waals surface area contributed by atoms with E-state index in [0.717, 1.165) is 6.42 Å². The molecule has 0 spiro atoms. The van der Waals surface area contributed by atoms with Gasteiger partial charge >= 0.3 is 0 Å². The molecule has 0 radical (unpaired) electrons. The first-order valence-electron chi connectivity index (χ1n) is 5.58. The maximum Gasteiger partial charge on any atom is 0.0287 e. The van der Waals surface area contributed by atoms with Gasteiger partial charge in [-0.25, -0.2) is 0 Å². The fraction of sp³-hybridized carbons (Fsp3) is 0.692. The summed E-state index contributed by atoms with van der Waals surface area (Å²) in [5.41, 5.74) is 2.08. The van der Waals surface area contributed by atoms with Gasteiger partial charge in [0.05, 0.1) is 0 Å². The van der Waals surface area contributed by atoms with Crippen LogP contribution in [-0.2, 0) is 0 Å². The molecule has 1 heterocycles. The molecule has 1 rings (SSSR count). The van der Waals surface area contributed by atoms with Crippen LogP contribution in [0.1, 0.15) is 48.0 Å². The first-order valence-corrected chi connectivity index (χ1v) is 8.25. The van der Waals surface area contributed by atoms with Crippen molar-refractivity contribution in [2.45, 2.75) is 48.0 Å². The van der Waals surface area contributed by atoms with Gasteiger partial charge in [0.1, 0.15) is 0 Å². The summed E-state index contributed by atoms with van der Waals surface area (Å²) in [4.78, 5) is 2.86. The lowest BCUT2D eigenvalue weighted by molar-refractivity contribution is 0.407. The molecule has 0 aliphatic carbocycles. The normalized spacial score (nSPS) is 21.1. The SMILES string of the molecule is CC(C)(C)CC1=C(C(C)(C)C)SS/C1=C\S. The van der Waals surface area contributed by atoms with Crippen LogP contribution in [0.25, 0.3) is 0 Å². The monoisotopic (exact) mass is 274 g/mol. The molecular weight excluding hydrogens is 252 g/mol. The number of hydrogen-bond donors (Lipinski definition) is 1. The summed E-state index contributed by atoms with van der Waals surface area (Å²) in [5.74, 6) is 0. The molecule has 0 aromatic carbocycles. The summed E-state index contributed by atoms with van der Waals surface area (Å²) in [6, 6.07) is 0. The zero-order valence-corrected chi connectivity index (χ0v) is 13.6. The van der Waals surface area contributed by atoms with E-state index in [1.165, 1.54) is 15.4 Å². The van der Waals surface area contributed by atoms with Crippen molar-refractivity contribution < 1.29 is 0 Å². The molecule has 0 aromatic rings. The molecule has 0 nitrogen and oxygen atoms in total. The molecule has 0 amide bonds. The van der Waals surface area contributed by atoms with Crippen molar-refractivity contribution in [3.63, 3.8) is 0 Å². The second-order valence-corrected chi connectivity index (χ2v) is 8.89. The third kappa shape index (κ3) is 3.78. The molecule has 0 fully saturated rings. The minimum absolute atomic E-state index is 0.247. The predicted molar refractivity (Wildman–Crippen MR) is 82.8 cm³/mol. The van der Waals surface area contributed by atoms with Gasteiger partial charge in [-0.05, 0) is 28.2 Å². The van der Waals surface area contributed by atoms with Crippen LogP contribution in [0.15, 0.2) is 20.8 Å². The van der Waals surface area contributed by atoms with Gasteiger partial charge in [0, 0.05) is 9.81 Å². The minimum Gasteiger partial charge on any atom is -0.150 e. The Balaban J connectivity index is 3.12. The fourth-order valence-corrected chi connectivity index (χ4v) is 5.31. The van der Waals surface area contributed by atoms with Crippen LogP contribution in [0.3, 0.4) is 0 Å². The lowest BCUT2D eigenvalue weighted by Crippen LogP contribution is -2.12. The van der Waals surface area contributed by atoms with Crippen molar-refractivity contribution in [1.82, 2.24) is 0 Å². The molecule has 0 aromatic heterocycles. The first-order chi connectivity index (χ1) is 7.15. The maximum atomic E-state index is 4.33. The summed E-state index contributed by atoms with van der Waals surface area (Å²) in [7, 11) is 3.76. The van der Waals surface area contributed by atoms with E-state index in [1.54, 1.807) is 0 Å². The van der Waals surface area contributed by atoms with E-state index in [0.29, 0.717) is 5.41 Å². The molecule has 0 atom stereocenters. The van der Waals surface area contributed by atoms with Crippen molar-refractivity contribution in [3.05, 3.63) is 20.8 Å². The van der Waals surface area contributed by atoms with Gasteiger partial charge in [-0.15, -0.1) is 0 Å². The quantitative estimate of drug-likeness (QED) is 0.468. The van der Waals surface area contributed by atoms with Crippen LogP contribution >= 0.6 is 34.2 Å². The van der Waals surface area contributed by atoms with Crippen LogP contribution in [-0.4, -0.2) is 0 Å². The van der Waals surface area contributed by atoms with Crippen molar-refractivity contribution in [3.8, 4) is 0 Å². The number of thiol groups is 1. The van der Waals surface area contributed by atoms with Crippen molar-refractivity contribution >= 4 is 34.2 Å². The van der Waals surface area contributed by atoms with Gasteiger partial charge in [0.25, 0.3) is 0 Å². The maximum absolute atomic E-state index is 4.33. The van der Waals surface area contributed by atoms with E-state index in [-0.39, 0.29) is 5.41 Å². The smallest absolute Gasteiger partial charge is 0.0287 e. The summed E-state index contributed by atoms with van der Waals surface area (Å²) in [6.45, 7) is 13.8. The van der Waals surface area contributed by atoms with Gasteiger partial charge in [-0.3, -0.25) is 0 Å². The Labute approximate surface area is 114 Å². The Morgan fingerprint density at radius 1 is 1.06 bits per heavy atom. The third-order valence-corrected chi connectivity index (χ3v) is 5.67. The third-order valence-electron chi connectivity index (χ3n) is 2.29. The molecule has 0 unspecified atom stereocenters. The molecule has 3 heteroatoms. The topological polar surface area (TPSA) is 0 Å². The molecule has 0 saturated heterocycles. The largest absolute Gasteiger partial charge is 0.150 e. The predicted octanol–water partition coefficient (Wildman–Crippen LogP) is 5.89. The number of allylic oxidation sites excluding steroid dienone is 2. The molecule has 0 N–H and O–H groups in total. The summed E-state index contributed by atoms with van der Waals surface area (Å²) >= 11 is 4.33. The van der Waals surface area contributed by atoms with Crippen LogP contribution in [0, 0.1) is 10.8 Å². The van der Waals surface area contributed by atoms with Crippen LogP contribution < -0.4 is 0 Å². The van der Waals surface area contributed by atoms with Crippen LogP contribution in [0.5, 0.6) is 0 Å². The van der Waals surface area contributed by atoms with Gasteiger partial charge < -0.3 is 0 Å². The molecular formula is C13H22S3. The standard InChI is InChI=1S/C13H22S3/c1-12(2,3)7-9-10(8-14)15-16-11(9)13(4,5)6/h8,14H,7H2,1-6H3/b10-8-. The van der Waals surface area contributed by atoms with E-state index in [9.17, 15) is 0 Å². The van der Waals surface area contributed by atoms with Gasteiger partial charge in [0.15, 0.2) is 0 Å². The van der Waals surface area contributed by atoms with E-state index < -0.39 is 0 Å². The first kappa shape index (κ1) is 14.6. The molecule has 0 saturated carbocycles. The Morgan fingerprint density at radius 3 is 2.00 bits per heavy atom. The molecule has 0 bridgehead atoms. The average Bonchev–Trinajstić information content (AvgIpc) is 2.43. The van der Waals surface area contributed by atoms with Gasteiger partial charge in [-0.2, -0.15) is 12.6 Å². The molecule has 1 aliphatic rings. The van der Waals surface area contributed by atoms with Crippen LogP contribution in [0.4, 0.5) is 0 Å².